The summed E-state index contributed by atoms with van der Waals surface area (Å²) in [5.74, 6) is 0.868. The highest BCUT2D eigenvalue weighted by Gasteiger charge is 2.33. The highest BCUT2D eigenvalue weighted by molar-refractivity contribution is 5.75. The van der Waals surface area contributed by atoms with Crippen molar-refractivity contribution in [1.82, 2.24) is 15.1 Å². The van der Waals surface area contributed by atoms with Crippen LogP contribution >= 0.6 is 0 Å². The molecular weight excluding hydrogens is 346 g/mol. The van der Waals surface area contributed by atoms with Gasteiger partial charge in [0.1, 0.15) is 5.75 Å². The van der Waals surface area contributed by atoms with Crippen LogP contribution in [0.3, 0.4) is 0 Å². The van der Waals surface area contributed by atoms with Gasteiger partial charge in [0.05, 0.1) is 25.9 Å². The van der Waals surface area contributed by atoms with Gasteiger partial charge in [0.15, 0.2) is 0 Å². The van der Waals surface area contributed by atoms with Crippen LogP contribution in [-0.4, -0.2) is 66.7 Å². The Morgan fingerprint density at radius 3 is 2.81 bits per heavy atom. The predicted molar refractivity (Wildman–Crippen MR) is 102 cm³/mol. The molecule has 1 aromatic carbocycles. The van der Waals surface area contributed by atoms with Crippen LogP contribution < -0.4 is 10.1 Å². The summed E-state index contributed by atoms with van der Waals surface area (Å²) in [4.78, 5) is 28.0. The number of rotatable bonds is 7. The van der Waals surface area contributed by atoms with Crippen molar-refractivity contribution in [3.05, 3.63) is 29.8 Å². The lowest BCUT2D eigenvalue weighted by Gasteiger charge is -2.33. The van der Waals surface area contributed by atoms with Crippen molar-refractivity contribution in [3.63, 3.8) is 0 Å². The average molecular weight is 375 g/mol. The molecular formula is C20H29N3O4. The summed E-state index contributed by atoms with van der Waals surface area (Å²) < 4.78 is 11.4. The summed E-state index contributed by atoms with van der Waals surface area (Å²) in [7, 11) is 0. The molecule has 0 unspecified atom stereocenters. The van der Waals surface area contributed by atoms with Crippen LogP contribution in [0.1, 0.15) is 32.3 Å². The van der Waals surface area contributed by atoms with E-state index < -0.39 is 0 Å². The Morgan fingerprint density at radius 1 is 1.33 bits per heavy atom. The van der Waals surface area contributed by atoms with E-state index in [1.807, 2.05) is 36.1 Å². The topological polar surface area (TPSA) is 71.1 Å². The molecule has 1 aliphatic carbocycles. The zero-order chi connectivity index (χ0) is 19.2. The van der Waals surface area contributed by atoms with Crippen LogP contribution in [0, 0.1) is 0 Å². The quantitative estimate of drug-likeness (QED) is 0.791. The molecule has 1 aliphatic heterocycles. The molecule has 1 saturated heterocycles. The molecule has 1 aromatic rings. The predicted octanol–water partition coefficient (Wildman–Crippen LogP) is 2.01. The second-order valence-electron chi connectivity index (χ2n) is 7.04. The van der Waals surface area contributed by atoms with E-state index in [0.717, 1.165) is 24.2 Å². The Labute approximate surface area is 160 Å². The normalized spacial score (nSPS) is 19.5. The van der Waals surface area contributed by atoms with Gasteiger partial charge in [0, 0.05) is 38.2 Å². The number of carbonyl (C=O) groups excluding carboxylic acids is 2. The first-order chi connectivity index (χ1) is 13.1. The molecule has 7 nitrogen and oxygen atoms in total. The minimum atomic E-state index is -0.164. The molecule has 0 aromatic heterocycles. The number of hydrogen-bond donors (Lipinski definition) is 1. The number of nitrogens with one attached hydrogen (secondary N) is 1. The molecule has 1 N–H and O–H groups in total. The van der Waals surface area contributed by atoms with Gasteiger partial charge in [0.25, 0.3) is 0 Å². The SMILES string of the molecule is CCOc1ccccc1CN(C(=O)NC[C@@H]1CN(C(C)=O)CCO1)C1CC1. The third-order valence-corrected chi connectivity index (χ3v) is 4.93. The molecule has 0 bridgehead atoms. The van der Waals surface area contributed by atoms with Crippen LogP contribution in [0.2, 0.25) is 0 Å². The fourth-order valence-electron chi connectivity index (χ4n) is 3.30. The summed E-state index contributed by atoms with van der Waals surface area (Å²) in [6.07, 6.45) is 1.90. The van der Waals surface area contributed by atoms with E-state index >= 15 is 0 Å². The zero-order valence-electron chi connectivity index (χ0n) is 16.1. The molecule has 27 heavy (non-hydrogen) atoms. The maximum Gasteiger partial charge on any atom is 0.318 e. The Bertz CT molecular complexity index is 662. The molecule has 3 amide bonds. The lowest BCUT2D eigenvalue weighted by molar-refractivity contribution is -0.136. The fourth-order valence-corrected chi connectivity index (χ4v) is 3.30. The third kappa shape index (κ3) is 5.35. The third-order valence-electron chi connectivity index (χ3n) is 4.93. The number of carbonyl (C=O) groups is 2. The molecule has 2 aliphatic rings. The van der Waals surface area contributed by atoms with Crippen LogP contribution in [0.15, 0.2) is 24.3 Å². The first-order valence-corrected chi connectivity index (χ1v) is 9.70. The first-order valence-electron chi connectivity index (χ1n) is 9.70. The van der Waals surface area contributed by atoms with Gasteiger partial charge >= 0.3 is 6.03 Å². The monoisotopic (exact) mass is 375 g/mol. The van der Waals surface area contributed by atoms with E-state index in [0.29, 0.717) is 39.4 Å². The summed E-state index contributed by atoms with van der Waals surface area (Å²) in [5, 5.41) is 2.99. The van der Waals surface area contributed by atoms with Gasteiger partial charge in [-0.15, -0.1) is 0 Å². The standard InChI is InChI=1S/C20H29N3O4/c1-3-26-19-7-5-4-6-16(19)13-23(17-8-9-17)20(25)21-12-18-14-22(15(2)24)10-11-27-18/h4-7,17-18H,3,8-14H2,1-2H3,(H,21,25)/t18-/m1/s1. The Balaban J connectivity index is 1.57. The van der Waals surface area contributed by atoms with E-state index in [9.17, 15) is 9.59 Å². The number of morpholine rings is 1. The number of urea groups is 1. The minimum Gasteiger partial charge on any atom is -0.494 e. The van der Waals surface area contributed by atoms with E-state index in [4.69, 9.17) is 9.47 Å². The van der Waals surface area contributed by atoms with Crippen LogP contribution in [0.4, 0.5) is 4.79 Å². The van der Waals surface area contributed by atoms with Crippen molar-refractivity contribution < 1.29 is 19.1 Å². The highest BCUT2D eigenvalue weighted by Crippen LogP contribution is 2.30. The molecule has 3 rings (SSSR count). The van der Waals surface area contributed by atoms with Gasteiger partial charge in [-0.2, -0.15) is 0 Å². The van der Waals surface area contributed by atoms with E-state index in [1.165, 1.54) is 0 Å². The summed E-state index contributed by atoms with van der Waals surface area (Å²) in [6.45, 7) is 6.68. The lowest BCUT2D eigenvalue weighted by atomic mass is 10.2. The lowest BCUT2D eigenvalue weighted by Crippen LogP contribution is -2.51. The van der Waals surface area contributed by atoms with Gasteiger partial charge in [-0.25, -0.2) is 4.79 Å². The Hall–Kier alpha value is -2.28. The molecule has 0 radical (unpaired) electrons. The average Bonchev–Trinajstić information content (AvgIpc) is 3.51. The number of benzene rings is 1. The number of hydrogen-bond acceptors (Lipinski definition) is 4. The van der Waals surface area contributed by atoms with Gasteiger partial charge in [0.2, 0.25) is 5.91 Å². The fraction of sp³-hybridized carbons (Fsp3) is 0.600. The molecule has 7 heteroatoms. The maximum absolute atomic E-state index is 12.8. The Kier molecular flexibility index (Phi) is 6.55. The van der Waals surface area contributed by atoms with E-state index in [2.05, 4.69) is 5.32 Å². The molecule has 148 valence electrons. The van der Waals surface area contributed by atoms with Gasteiger partial charge in [-0.1, -0.05) is 18.2 Å². The minimum absolute atomic E-state index is 0.0433. The molecule has 1 heterocycles. The van der Waals surface area contributed by atoms with E-state index in [-0.39, 0.29) is 24.1 Å². The van der Waals surface area contributed by atoms with Crippen molar-refractivity contribution in [2.45, 2.75) is 45.4 Å². The largest absolute Gasteiger partial charge is 0.494 e. The number of nitrogens with zero attached hydrogens (tertiary/aromatic N) is 2. The Morgan fingerprint density at radius 2 is 2.11 bits per heavy atom. The molecule has 1 atom stereocenters. The highest BCUT2D eigenvalue weighted by atomic mass is 16.5. The summed E-state index contributed by atoms with van der Waals surface area (Å²) in [5.41, 5.74) is 1.01. The van der Waals surface area contributed by atoms with Crippen molar-refractivity contribution in [2.24, 2.45) is 0 Å². The van der Waals surface area contributed by atoms with Crippen LogP contribution in [0.25, 0.3) is 0 Å². The zero-order valence-corrected chi connectivity index (χ0v) is 16.1. The second-order valence-corrected chi connectivity index (χ2v) is 7.04. The van der Waals surface area contributed by atoms with Crippen molar-refractivity contribution in [2.75, 3.05) is 32.8 Å². The van der Waals surface area contributed by atoms with Gasteiger partial charge < -0.3 is 24.6 Å². The van der Waals surface area contributed by atoms with Crippen LogP contribution in [-0.2, 0) is 16.1 Å². The molecule has 0 spiro atoms. The number of ether oxygens (including phenoxy) is 2. The maximum atomic E-state index is 12.8. The summed E-state index contributed by atoms with van der Waals surface area (Å²) >= 11 is 0. The van der Waals surface area contributed by atoms with Crippen molar-refractivity contribution in [3.8, 4) is 5.75 Å². The number of para-hydroxylation sites is 1. The van der Waals surface area contributed by atoms with E-state index in [1.54, 1.807) is 11.8 Å². The molecule has 1 saturated carbocycles. The van der Waals surface area contributed by atoms with Gasteiger partial charge in [-0.05, 0) is 25.8 Å². The second kappa shape index (κ2) is 9.08. The van der Waals surface area contributed by atoms with Crippen molar-refractivity contribution >= 4 is 11.9 Å². The smallest absolute Gasteiger partial charge is 0.318 e. The van der Waals surface area contributed by atoms with Gasteiger partial charge in [-0.3, -0.25) is 4.79 Å². The molecule has 2 fully saturated rings. The number of amides is 3. The van der Waals surface area contributed by atoms with Crippen molar-refractivity contribution in [1.29, 1.82) is 0 Å². The van der Waals surface area contributed by atoms with Crippen LogP contribution in [0.5, 0.6) is 5.75 Å². The first kappa shape index (κ1) is 19.5. The summed E-state index contributed by atoms with van der Waals surface area (Å²) in [6, 6.07) is 8.04.